The van der Waals surface area contributed by atoms with Crippen molar-refractivity contribution in [3.05, 3.63) is 29.2 Å². The number of aryl methyl sites for hydroxylation is 1. The van der Waals surface area contributed by atoms with E-state index in [1.165, 1.54) is 0 Å². The molecule has 1 aromatic rings. The molecule has 0 radical (unpaired) electrons. The number of imidazole rings is 1. The SMILES string of the molecule is C=C/C=c1/nc(CCCC(=O)O)n(C)/c1=C/C. The molecule has 92 valence electrons. The van der Waals surface area contributed by atoms with Crippen molar-refractivity contribution >= 4 is 18.1 Å². The third kappa shape index (κ3) is 3.31. The van der Waals surface area contributed by atoms with Crippen molar-refractivity contribution in [1.82, 2.24) is 9.55 Å². The van der Waals surface area contributed by atoms with Gasteiger partial charge in [-0.05, 0) is 19.4 Å². The summed E-state index contributed by atoms with van der Waals surface area (Å²) >= 11 is 0. The second-order valence-electron chi connectivity index (χ2n) is 3.80. The number of carboxylic acid groups (broad SMARTS) is 1. The van der Waals surface area contributed by atoms with Crippen LogP contribution in [0.5, 0.6) is 0 Å². The third-order valence-electron chi connectivity index (χ3n) is 2.60. The molecule has 0 aliphatic rings. The number of hydrogen-bond donors (Lipinski definition) is 1. The first kappa shape index (κ1) is 13.2. The number of rotatable bonds is 5. The number of nitrogens with zero attached hydrogens (tertiary/aromatic N) is 2. The molecule has 0 aliphatic heterocycles. The van der Waals surface area contributed by atoms with Crippen LogP contribution in [0.1, 0.15) is 25.6 Å². The summed E-state index contributed by atoms with van der Waals surface area (Å²) in [5, 5.41) is 10.5. The Morgan fingerprint density at radius 3 is 2.82 bits per heavy atom. The molecular weight excluding hydrogens is 216 g/mol. The predicted molar refractivity (Wildman–Crippen MR) is 67.8 cm³/mol. The largest absolute Gasteiger partial charge is 0.481 e. The van der Waals surface area contributed by atoms with E-state index in [2.05, 4.69) is 11.6 Å². The van der Waals surface area contributed by atoms with E-state index in [1.54, 1.807) is 6.08 Å². The molecule has 0 saturated carbocycles. The predicted octanol–water partition coefficient (Wildman–Crippen LogP) is 0.594. The number of aliphatic carboxylic acids is 1. The maximum absolute atomic E-state index is 10.5. The summed E-state index contributed by atoms with van der Waals surface area (Å²) in [7, 11) is 1.94. The summed E-state index contributed by atoms with van der Waals surface area (Å²) < 4.78 is 2.00. The van der Waals surface area contributed by atoms with E-state index in [1.807, 2.05) is 30.7 Å². The fraction of sp³-hybridized carbons (Fsp3) is 0.385. The molecule has 1 rings (SSSR count). The highest BCUT2D eigenvalue weighted by Gasteiger charge is 2.05. The maximum Gasteiger partial charge on any atom is 0.303 e. The molecule has 0 spiro atoms. The zero-order valence-electron chi connectivity index (χ0n) is 10.3. The molecule has 0 aromatic carbocycles. The monoisotopic (exact) mass is 234 g/mol. The van der Waals surface area contributed by atoms with Gasteiger partial charge in [0.1, 0.15) is 5.82 Å². The van der Waals surface area contributed by atoms with Gasteiger partial charge in [0.15, 0.2) is 0 Å². The lowest BCUT2D eigenvalue weighted by Crippen LogP contribution is -2.28. The quantitative estimate of drug-likeness (QED) is 0.811. The maximum atomic E-state index is 10.5. The molecule has 0 fully saturated rings. The van der Waals surface area contributed by atoms with E-state index in [-0.39, 0.29) is 6.42 Å². The van der Waals surface area contributed by atoms with E-state index in [0.29, 0.717) is 12.8 Å². The van der Waals surface area contributed by atoms with Gasteiger partial charge >= 0.3 is 5.97 Å². The van der Waals surface area contributed by atoms with Gasteiger partial charge in [-0.3, -0.25) is 4.79 Å². The van der Waals surface area contributed by atoms with Gasteiger partial charge in [-0.2, -0.15) is 0 Å². The molecule has 4 nitrogen and oxygen atoms in total. The van der Waals surface area contributed by atoms with Gasteiger partial charge in [-0.25, -0.2) is 4.98 Å². The molecular formula is C13H18N2O2. The number of aromatic nitrogens is 2. The Kier molecular flexibility index (Phi) is 4.69. The van der Waals surface area contributed by atoms with Crippen LogP contribution in [0.2, 0.25) is 0 Å². The molecule has 1 aromatic heterocycles. The molecule has 1 N–H and O–H groups in total. The Bertz CT molecular complexity index is 526. The molecule has 0 aliphatic carbocycles. The van der Waals surface area contributed by atoms with Crippen molar-refractivity contribution in [3.8, 4) is 0 Å². The Morgan fingerprint density at radius 1 is 1.59 bits per heavy atom. The average Bonchev–Trinajstić information content (AvgIpc) is 2.55. The second kappa shape index (κ2) is 6.03. The van der Waals surface area contributed by atoms with Gasteiger partial charge in [0.2, 0.25) is 0 Å². The summed E-state index contributed by atoms with van der Waals surface area (Å²) in [6.07, 6.45) is 7.01. The van der Waals surface area contributed by atoms with Gasteiger partial charge in [0.05, 0.1) is 10.7 Å². The number of allylic oxidation sites excluding steroid dienone is 1. The fourth-order valence-electron chi connectivity index (χ4n) is 1.78. The van der Waals surface area contributed by atoms with Crippen molar-refractivity contribution in [2.45, 2.75) is 26.2 Å². The van der Waals surface area contributed by atoms with Crippen LogP contribution >= 0.6 is 0 Å². The lowest BCUT2D eigenvalue weighted by Gasteiger charge is -1.99. The highest BCUT2D eigenvalue weighted by atomic mass is 16.4. The molecule has 4 heteroatoms. The molecule has 0 atom stereocenters. The van der Waals surface area contributed by atoms with Crippen LogP contribution < -0.4 is 10.7 Å². The zero-order chi connectivity index (χ0) is 12.8. The molecule has 0 bridgehead atoms. The lowest BCUT2D eigenvalue weighted by atomic mass is 10.2. The van der Waals surface area contributed by atoms with Crippen molar-refractivity contribution < 1.29 is 9.90 Å². The summed E-state index contributed by atoms with van der Waals surface area (Å²) in [5.74, 6) is 0.145. The van der Waals surface area contributed by atoms with E-state index in [4.69, 9.17) is 5.11 Å². The van der Waals surface area contributed by atoms with Crippen LogP contribution in [0.3, 0.4) is 0 Å². The Morgan fingerprint density at radius 2 is 2.29 bits per heavy atom. The minimum absolute atomic E-state index is 0.179. The van der Waals surface area contributed by atoms with Gasteiger partial charge < -0.3 is 9.67 Å². The normalized spacial score (nSPS) is 13.1. The number of carboxylic acids is 1. The zero-order valence-corrected chi connectivity index (χ0v) is 10.3. The second-order valence-corrected chi connectivity index (χ2v) is 3.80. The first-order valence-corrected chi connectivity index (χ1v) is 5.62. The van der Waals surface area contributed by atoms with E-state index >= 15 is 0 Å². The van der Waals surface area contributed by atoms with Crippen LogP contribution in [0.15, 0.2) is 12.7 Å². The van der Waals surface area contributed by atoms with E-state index < -0.39 is 5.97 Å². The topological polar surface area (TPSA) is 55.1 Å². The summed E-state index contributed by atoms with van der Waals surface area (Å²) in [4.78, 5) is 14.9. The third-order valence-corrected chi connectivity index (χ3v) is 2.60. The van der Waals surface area contributed by atoms with Crippen molar-refractivity contribution in [2.75, 3.05) is 0 Å². The van der Waals surface area contributed by atoms with Crippen LogP contribution in [0, 0.1) is 0 Å². The van der Waals surface area contributed by atoms with Gasteiger partial charge in [-0.15, -0.1) is 0 Å². The van der Waals surface area contributed by atoms with Crippen LogP contribution in [-0.4, -0.2) is 20.6 Å². The van der Waals surface area contributed by atoms with Crippen LogP contribution in [0.4, 0.5) is 0 Å². The Hall–Kier alpha value is -1.84. The molecule has 17 heavy (non-hydrogen) atoms. The molecule has 0 unspecified atom stereocenters. The highest BCUT2D eigenvalue weighted by Crippen LogP contribution is 1.98. The van der Waals surface area contributed by atoms with Crippen molar-refractivity contribution in [1.29, 1.82) is 0 Å². The minimum atomic E-state index is -0.764. The van der Waals surface area contributed by atoms with Crippen LogP contribution in [0.25, 0.3) is 12.2 Å². The first-order valence-electron chi connectivity index (χ1n) is 5.62. The van der Waals surface area contributed by atoms with E-state index in [9.17, 15) is 4.79 Å². The first-order chi connectivity index (χ1) is 8.10. The van der Waals surface area contributed by atoms with Crippen LogP contribution in [-0.2, 0) is 18.3 Å². The smallest absolute Gasteiger partial charge is 0.303 e. The molecule has 0 amide bonds. The standard InChI is InChI=1S/C13H18N2O2/c1-4-7-10-11(5-2)15(3)12(14-10)8-6-9-13(16)17/h4-5,7H,1,6,8-9H2,2-3H3,(H,16,17)/b10-7+,11-5+. The minimum Gasteiger partial charge on any atom is -0.481 e. The van der Waals surface area contributed by atoms with Gasteiger partial charge in [-0.1, -0.05) is 18.7 Å². The van der Waals surface area contributed by atoms with Gasteiger partial charge in [0.25, 0.3) is 0 Å². The molecule has 1 heterocycles. The summed E-state index contributed by atoms with van der Waals surface area (Å²) in [6.45, 7) is 5.62. The van der Waals surface area contributed by atoms with E-state index in [0.717, 1.165) is 16.5 Å². The van der Waals surface area contributed by atoms with Gasteiger partial charge in [0, 0.05) is 19.9 Å². The number of hydrogen-bond acceptors (Lipinski definition) is 2. The Labute approximate surface area is 101 Å². The van der Waals surface area contributed by atoms with Crippen molar-refractivity contribution in [2.24, 2.45) is 7.05 Å². The lowest BCUT2D eigenvalue weighted by molar-refractivity contribution is -0.137. The highest BCUT2D eigenvalue weighted by molar-refractivity contribution is 5.66. The molecule has 0 saturated heterocycles. The van der Waals surface area contributed by atoms with Crippen molar-refractivity contribution in [3.63, 3.8) is 0 Å². The fourth-order valence-corrected chi connectivity index (χ4v) is 1.78. The summed E-state index contributed by atoms with van der Waals surface area (Å²) in [6, 6.07) is 0. The average molecular weight is 234 g/mol. The Balaban J connectivity index is 2.99. The number of carbonyl (C=O) groups is 1. The summed E-state index contributed by atoms with van der Waals surface area (Å²) in [5.41, 5.74) is 0.